The van der Waals surface area contributed by atoms with E-state index in [4.69, 9.17) is 9.26 Å². The van der Waals surface area contributed by atoms with Gasteiger partial charge in [0, 0.05) is 67.4 Å². The molecule has 8 nitrogen and oxygen atoms in total. The molecule has 10 heteroatoms. The fourth-order valence-electron chi connectivity index (χ4n) is 3.51. The number of rotatable bonds is 7. The van der Waals surface area contributed by atoms with Crippen molar-refractivity contribution in [1.29, 1.82) is 0 Å². The van der Waals surface area contributed by atoms with Crippen LogP contribution in [-0.4, -0.2) is 47.1 Å². The summed E-state index contributed by atoms with van der Waals surface area (Å²) in [6.07, 6.45) is 8.03. The number of halogens is 1. The first-order valence-corrected chi connectivity index (χ1v) is 15.0. The Labute approximate surface area is 212 Å². The van der Waals surface area contributed by atoms with E-state index < -0.39 is 8.32 Å². The van der Waals surface area contributed by atoms with Gasteiger partial charge in [-0.15, -0.1) is 0 Å². The van der Waals surface area contributed by atoms with E-state index in [2.05, 4.69) is 63.9 Å². The maximum absolute atomic E-state index is 15.4. The summed E-state index contributed by atoms with van der Waals surface area (Å²) in [4.78, 5) is 24.4. The summed E-state index contributed by atoms with van der Waals surface area (Å²) in [7, 11) is -1.98. The van der Waals surface area contributed by atoms with Crippen LogP contribution in [0, 0.1) is 5.82 Å². The van der Waals surface area contributed by atoms with Crippen molar-refractivity contribution in [1.82, 2.24) is 19.9 Å². The molecule has 0 N–H and O–H groups in total. The number of hydrogen-bond donors (Lipinski definition) is 0. The van der Waals surface area contributed by atoms with Gasteiger partial charge < -0.3 is 14.2 Å². The van der Waals surface area contributed by atoms with Crippen molar-refractivity contribution < 1.29 is 13.7 Å². The first kappa shape index (κ1) is 25.8. The molecule has 0 spiro atoms. The molecular weight excluding hydrogens is 475 g/mol. The molecule has 1 saturated heterocycles. The normalized spacial score (nSPS) is 14.6. The minimum atomic E-state index is -1.98. The molecule has 0 saturated carbocycles. The lowest BCUT2D eigenvalue weighted by Gasteiger charge is -2.36. The van der Waals surface area contributed by atoms with Crippen LogP contribution in [0.2, 0.25) is 18.1 Å². The topological polar surface area (TPSA) is 85.6 Å². The van der Waals surface area contributed by atoms with Crippen LogP contribution < -0.4 is 9.74 Å². The van der Waals surface area contributed by atoms with Crippen LogP contribution in [0.1, 0.15) is 39.2 Å². The average Bonchev–Trinajstić information content (AvgIpc) is 2.87. The fourth-order valence-corrected chi connectivity index (χ4v) is 4.46. The van der Waals surface area contributed by atoms with Gasteiger partial charge in [-0.1, -0.05) is 44.1 Å². The molecule has 3 heterocycles. The Balaban J connectivity index is 1.38. The lowest BCUT2D eigenvalue weighted by atomic mass is 10.1. The summed E-state index contributed by atoms with van der Waals surface area (Å²) in [6, 6.07) is 7.34. The first-order valence-electron chi connectivity index (χ1n) is 12.1. The number of aromatic nitrogens is 4. The second-order valence-corrected chi connectivity index (χ2v) is 15.2. The highest BCUT2D eigenvalue weighted by Crippen LogP contribution is 2.37. The van der Waals surface area contributed by atoms with Gasteiger partial charge in [0.15, 0.2) is 8.32 Å². The molecule has 1 aromatic carbocycles. The SMILES string of the molecule is CC(C)(C)[Si](C)(C)OCc1cccc(-c2cnc(N3CCC(=NOc4ncccn4)CC3)nc2)c1F. The highest BCUT2D eigenvalue weighted by molar-refractivity contribution is 6.74. The summed E-state index contributed by atoms with van der Waals surface area (Å²) in [5.41, 5.74) is 2.61. The number of anilines is 1. The molecule has 0 bridgehead atoms. The van der Waals surface area contributed by atoms with Crippen molar-refractivity contribution in [3.8, 4) is 17.1 Å². The minimum absolute atomic E-state index is 0.0646. The molecule has 1 aliphatic rings. The van der Waals surface area contributed by atoms with Gasteiger partial charge >= 0.3 is 6.01 Å². The Bertz CT molecular complexity index is 1190. The van der Waals surface area contributed by atoms with Crippen molar-refractivity contribution in [3.05, 3.63) is 60.4 Å². The second-order valence-electron chi connectivity index (χ2n) is 10.4. The summed E-state index contributed by atoms with van der Waals surface area (Å²) in [6.45, 7) is 12.5. The standard InChI is InChI=1S/C26H33FN6O2Si/c1-26(2,3)36(4,5)34-18-19-8-6-9-22(23(19)27)20-16-30-24(31-17-20)33-14-10-21(11-15-33)32-35-25-28-12-7-13-29-25/h6-9,12-13,16-17H,10-11,14-15,18H2,1-5H3. The van der Waals surface area contributed by atoms with E-state index in [-0.39, 0.29) is 23.5 Å². The lowest BCUT2D eigenvalue weighted by molar-refractivity contribution is 0.271. The summed E-state index contributed by atoms with van der Waals surface area (Å²) >= 11 is 0. The fraction of sp³-hybridized carbons (Fsp3) is 0.423. The molecule has 0 amide bonds. The monoisotopic (exact) mass is 508 g/mol. The third-order valence-electron chi connectivity index (χ3n) is 6.84. The maximum Gasteiger partial charge on any atom is 0.345 e. The smallest absolute Gasteiger partial charge is 0.345 e. The molecule has 1 fully saturated rings. The van der Waals surface area contributed by atoms with Gasteiger partial charge in [-0.3, -0.25) is 0 Å². The van der Waals surface area contributed by atoms with Crippen LogP contribution >= 0.6 is 0 Å². The minimum Gasteiger partial charge on any atom is -0.412 e. The van der Waals surface area contributed by atoms with Gasteiger partial charge in [0.1, 0.15) is 5.82 Å². The third kappa shape index (κ3) is 6.11. The number of piperidine rings is 1. The van der Waals surface area contributed by atoms with Crippen molar-refractivity contribution in [2.24, 2.45) is 5.16 Å². The van der Waals surface area contributed by atoms with Crippen molar-refractivity contribution in [3.63, 3.8) is 0 Å². The van der Waals surface area contributed by atoms with Crippen molar-refractivity contribution >= 4 is 20.0 Å². The van der Waals surface area contributed by atoms with Crippen molar-refractivity contribution in [2.75, 3.05) is 18.0 Å². The summed E-state index contributed by atoms with van der Waals surface area (Å²) in [5.74, 6) is 0.330. The van der Waals surface area contributed by atoms with Gasteiger partial charge in [0.25, 0.3) is 0 Å². The van der Waals surface area contributed by atoms with Crippen LogP contribution in [-0.2, 0) is 11.0 Å². The average molecular weight is 509 g/mol. The van der Waals surface area contributed by atoms with Crippen LogP contribution in [0.4, 0.5) is 10.3 Å². The van der Waals surface area contributed by atoms with E-state index in [0.29, 0.717) is 35.7 Å². The largest absolute Gasteiger partial charge is 0.412 e. The van der Waals surface area contributed by atoms with Crippen LogP contribution in [0.5, 0.6) is 6.01 Å². The number of oxime groups is 1. The van der Waals surface area contributed by atoms with Gasteiger partial charge in [-0.25, -0.2) is 24.3 Å². The zero-order valence-corrected chi connectivity index (χ0v) is 22.5. The summed E-state index contributed by atoms with van der Waals surface area (Å²) < 4.78 is 21.6. The summed E-state index contributed by atoms with van der Waals surface area (Å²) in [5, 5.41) is 4.24. The Morgan fingerprint density at radius 3 is 2.31 bits per heavy atom. The second kappa shape index (κ2) is 10.8. The Morgan fingerprint density at radius 2 is 1.67 bits per heavy atom. The molecule has 0 atom stereocenters. The van der Waals surface area contributed by atoms with E-state index in [1.807, 2.05) is 6.07 Å². The molecular formula is C26H33FN6O2Si. The molecule has 4 rings (SSSR count). The van der Waals surface area contributed by atoms with Gasteiger partial charge in [-0.05, 0) is 24.2 Å². The molecule has 1 aliphatic heterocycles. The first-order chi connectivity index (χ1) is 17.1. The van der Waals surface area contributed by atoms with Gasteiger partial charge in [0.05, 0.1) is 12.3 Å². The number of hydrogen-bond acceptors (Lipinski definition) is 8. The Hall–Kier alpha value is -3.24. The molecule has 0 radical (unpaired) electrons. The zero-order valence-electron chi connectivity index (χ0n) is 21.5. The maximum atomic E-state index is 15.4. The molecule has 0 unspecified atom stereocenters. The van der Waals surface area contributed by atoms with Gasteiger partial charge in [-0.2, -0.15) is 0 Å². The van der Waals surface area contributed by atoms with E-state index in [1.165, 1.54) is 0 Å². The van der Waals surface area contributed by atoms with E-state index in [9.17, 15) is 0 Å². The van der Waals surface area contributed by atoms with Gasteiger partial charge in [0.2, 0.25) is 5.95 Å². The molecule has 2 aromatic heterocycles. The third-order valence-corrected chi connectivity index (χ3v) is 11.3. The van der Waals surface area contributed by atoms with E-state index >= 15 is 4.39 Å². The lowest BCUT2D eigenvalue weighted by Crippen LogP contribution is -2.40. The zero-order chi connectivity index (χ0) is 25.8. The molecule has 190 valence electrons. The van der Waals surface area contributed by atoms with E-state index in [0.717, 1.165) is 18.6 Å². The number of nitrogens with zero attached hydrogens (tertiary/aromatic N) is 6. The quantitative estimate of drug-likeness (QED) is 0.302. The highest BCUT2D eigenvalue weighted by atomic mass is 28.4. The van der Waals surface area contributed by atoms with Crippen molar-refractivity contribution in [2.45, 2.75) is 58.4 Å². The number of benzene rings is 1. The molecule has 36 heavy (non-hydrogen) atoms. The molecule has 0 aliphatic carbocycles. The molecule has 3 aromatic rings. The predicted molar refractivity (Wildman–Crippen MR) is 141 cm³/mol. The van der Waals surface area contributed by atoms with Crippen LogP contribution in [0.15, 0.2) is 54.2 Å². The van der Waals surface area contributed by atoms with E-state index in [1.54, 1.807) is 43.0 Å². The predicted octanol–water partition coefficient (Wildman–Crippen LogP) is 5.63. The highest BCUT2D eigenvalue weighted by Gasteiger charge is 2.37. The van der Waals surface area contributed by atoms with Crippen LogP contribution in [0.25, 0.3) is 11.1 Å². The Morgan fingerprint density at radius 1 is 1.00 bits per heavy atom. The van der Waals surface area contributed by atoms with Crippen LogP contribution in [0.3, 0.4) is 0 Å². The Kier molecular flexibility index (Phi) is 7.75.